The first kappa shape index (κ1) is 15.6. The van der Waals surface area contributed by atoms with Crippen LogP contribution in [0.3, 0.4) is 0 Å². The first-order valence-corrected chi connectivity index (χ1v) is 7.47. The number of carbonyl (C=O) groups is 1. The third-order valence-corrected chi connectivity index (χ3v) is 4.21. The number of nitrogens with zero attached hydrogens (tertiary/aromatic N) is 4. The Balaban J connectivity index is 2.19. The number of benzene rings is 1. The second-order valence-electron chi connectivity index (χ2n) is 5.28. The molecule has 2 aromatic rings. The highest BCUT2D eigenvalue weighted by atomic mass is 79.9. The van der Waals surface area contributed by atoms with Crippen LogP contribution in [0.5, 0.6) is 0 Å². The average Bonchev–Trinajstić information content (AvgIpc) is 2.88. The second kappa shape index (κ2) is 6.34. The van der Waals surface area contributed by atoms with E-state index in [0.29, 0.717) is 18.7 Å². The number of carboxylic acid groups (broad SMARTS) is 1. The first-order chi connectivity index (χ1) is 9.94. The maximum absolute atomic E-state index is 11.4. The first-order valence-electron chi connectivity index (χ1n) is 6.67. The van der Waals surface area contributed by atoms with Gasteiger partial charge in [-0.2, -0.15) is 0 Å². The molecule has 112 valence electrons. The van der Waals surface area contributed by atoms with Crippen molar-refractivity contribution in [3.8, 4) is 0 Å². The van der Waals surface area contributed by atoms with E-state index in [0.717, 1.165) is 10.0 Å². The van der Waals surface area contributed by atoms with E-state index in [1.807, 2.05) is 31.2 Å². The maximum atomic E-state index is 11.4. The van der Waals surface area contributed by atoms with Gasteiger partial charge in [0.05, 0.1) is 12.0 Å². The fourth-order valence-corrected chi connectivity index (χ4v) is 2.18. The summed E-state index contributed by atoms with van der Waals surface area (Å²) in [6, 6.07) is 7.88. The van der Waals surface area contributed by atoms with Crippen LogP contribution >= 0.6 is 15.9 Å². The Labute approximate surface area is 131 Å². The number of hydrogen-bond donors (Lipinski definition) is 1. The minimum Gasteiger partial charge on any atom is -0.481 e. The van der Waals surface area contributed by atoms with Crippen molar-refractivity contribution >= 4 is 21.9 Å². The Hall–Kier alpha value is -1.76. The van der Waals surface area contributed by atoms with Crippen LogP contribution in [0.25, 0.3) is 0 Å². The fourth-order valence-electron chi connectivity index (χ4n) is 1.92. The van der Waals surface area contributed by atoms with Gasteiger partial charge in [-0.15, -0.1) is 5.10 Å². The molecule has 0 saturated carbocycles. The molecule has 0 spiro atoms. The van der Waals surface area contributed by atoms with Crippen molar-refractivity contribution in [3.63, 3.8) is 0 Å². The van der Waals surface area contributed by atoms with Crippen molar-refractivity contribution in [3.05, 3.63) is 40.1 Å². The molecule has 1 aromatic carbocycles. The molecule has 0 amide bonds. The number of tetrazole rings is 1. The van der Waals surface area contributed by atoms with Gasteiger partial charge in [0.1, 0.15) is 0 Å². The van der Waals surface area contributed by atoms with E-state index in [2.05, 4.69) is 31.5 Å². The van der Waals surface area contributed by atoms with E-state index >= 15 is 0 Å². The molecule has 0 bridgehead atoms. The molecule has 0 fully saturated rings. The van der Waals surface area contributed by atoms with Crippen molar-refractivity contribution in [2.75, 3.05) is 0 Å². The van der Waals surface area contributed by atoms with E-state index in [-0.39, 0.29) is 6.54 Å². The van der Waals surface area contributed by atoms with E-state index in [9.17, 15) is 9.90 Å². The summed E-state index contributed by atoms with van der Waals surface area (Å²) < 4.78 is 2.59. The lowest BCUT2D eigenvalue weighted by Crippen LogP contribution is -2.33. The van der Waals surface area contributed by atoms with E-state index in [1.165, 1.54) is 0 Å². The molecule has 0 aliphatic rings. The van der Waals surface area contributed by atoms with Crippen LogP contribution in [-0.4, -0.2) is 31.3 Å². The predicted molar refractivity (Wildman–Crippen MR) is 80.8 cm³/mol. The van der Waals surface area contributed by atoms with Crippen LogP contribution in [-0.2, 0) is 17.8 Å². The number of carboxylic acids is 1. The zero-order valence-electron chi connectivity index (χ0n) is 12.0. The summed E-state index contributed by atoms with van der Waals surface area (Å²) in [6.07, 6.45) is 1.08. The Morgan fingerprint density at radius 3 is 2.62 bits per heavy atom. The second-order valence-corrected chi connectivity index (χ2v) is 6.19. The highest BCUT2D eigenvalue weighted by Crippen LogP contribution is 2.24. The van der Waals surface area contributed by atoms with Gasteiger partial charge in [0.2, 0.25) is 0 Å². The summed E-state index contributed by atoms with van der Waals surface area (Å²) in [7, 11) is 0. The van der Waals surface area contributed by atoms with Crippen LogP contribution in [0.1, 0.15) is 31.7 Å². The highest BCUT2D eigenvalue weighted by Gasteiger charge is 2.33. The summed E-state index contributed by atoms with van der Waals surface area (Å²) in [5.74, 6) is -0.173. The summed E-state index contributed by atoms with van der Waals surface area (Å²) in [5, 5.41) is 21.0. The summed E-state index contributed by atoms with van der Waals surface area (Å²) in [5.41, 5.74) is 0.201. The summed E-state index contributed by atoms with van der Waals surface area (Å²) >= 11 is 3.39. The SMILES string of the molecule is CCC(C)(Cn1nnnc1Cc1ccc(Br)cc1)C(=O)O. The molecule has 7 heteroatoms. The van der Waals surface area contributed by atoms with Crippen molar-refractivity contribution in [2.24, 2.45) is 5.41 Å². The van der Waals surface area contributed by atoms with Gasteiger partial charge in [-0.3, -0.25) is 4.79 Å². The molecule has 1 aromatic heterocycles. The van der Waals surface area contributed by atoms with Gasteiger partial charge in [0, 0.05) is 10.9 Å². The number of aromatic nitrogens is 4. The minimum absolute atomic E-state index is 0.262. The molecule has 2 rings (SSSR count). The monoisotopic (exact) mass is 352 g/mol. The molecule has 21 heavy (non-hydrogen) atoms. The highest BCUT2D eigenvalue weighted by molar-refractivity contribution is 9.10. The van der Waals surface area contributed by atoms with Crippen molar-refractivity contribution < 1.29 is 9.90 Å². The van der Waals surface area contributed by atoms with Crippen LogP contribution in [0.4, 0.5) is 0 Å². The zero-order chi connectivity index (χ0) is 15.5. The Morgan fingerprint density at radius 1 is 1.38 bits per heavy atom. The Kier molecular flexibility index (Phi) is 4.72. The molecule has 1 heterocycles. The van der Waals surface area contributed by atoms with E-state index < -0.39 is 11.4 Å². The van der Waals surface area contributed by atoms with Crippen LogP contribution < -0.4 is 0 Å². The third-order valence-electron chi connectivity index (χ3n) is 3.68. The molecule has 6 nitrogen and oxygen atoms in total. The lowest BCUT2D eigenvalue weighted by atomic mass is 9.88. The smallest absolute Gasteiger partial charge is 0.311 e. The van der Waals surface area contributed by atoms with Crippen molar-refractivity contribution in [1.29, 1.82) is 0 Å². The maximum Gasteiger partial charge on any atom is 0.311 e. The van der Waals surface area contributed by atoms with Gasteiger partial charge in [-0.05, 0) is 41.5 Å². The van der Waals surface area contributed by atoms with Gasteiger partial charge < -0.3 is 5.11 Å². The predicted octanol–water partition coefficient (Wildman–Crippen LogP) is 2.53. The molecular formula is C14H17BrN4O2. The summed E-state index contributed by atoms with van der Waals surface area (Å²) in [6.45, 7) is 3.82. The molecule has 0 radical (unpaired) electrons. The Bertz CT molecular complexity index is 626. The molecule has 1 unspecified atom stereocenters. The molecular weight excluding hydrogens is 336 g/mol. The number of hydrogen-bond acceptors (Lipinski definition) is 4. The quantitative estimate of drug-likeness (QED) is 0.863. The number of rotatable bonds is 6. The lowest BCUT2D eigenvalue weighted by Gasteiger charge is -2.22. The van der Waals surface area contributed by atoms with Gasteiger partial charge >= 0.3 is 5.97 Å². The van der Waals surface area contributed by atoms with Gasteiger partial charge in [0.25, 0.3) is 0 Å². The standard InChI is InChI=1S/C14H17BrN4O2/c1-3-14(2,13(20)21)9-19-12(16-17-18-19)8-10-4-6-11(15)7-5-10/h4-7H,3,8-9H2,1-2H3,(H,20,21). The largest absolute Gasteiger partial charge is 0.481 e. The molecule has 1 atom stereocenters. The lowest BCUT2D eigenvalue weighted by molar-refractivity contribution is -0.149. The third kappa shape index (κ3) is 3.66. The van der Waals surface area contributed by atoms with E-state index in [4.69, 9.17) is 0 Å². The number of aliphatic carboxylic acids is 1. The molecule has 0 saturated heterocycles. The van der Waals surface area contributed by atoms with Crippen molar-refractivity contribution in [1.82, 2.24) is 20.2 Å². The molecule has 0 aliphatic heterocycles. The van der Waals surface area contributed by atoms with Gasteiger partial charge in [-0.1, -0.05) is 35.0 Å². The van der Waals surface area contributed by atoms with Crippen LogP contribution in [0, 0.1) is 5.41 Å². The normalized spacial score (nSPS) is 13.9. The van der Waals surface area contributed by atoms with Crippen LogP contribution in [0.15, 0.2) is 28.7 Å². The van der Waals surface area contributed by atoms with E-state index in [1.54, 1.807) is 11.6 Å². The van der Waals surface area contributed by atoms with Gasteiger partial charge in [-0.25, -0.2) is 4.68 Å². The number of halogens is 1. The van der Waals surface area contributed by atoms with Crippen molar-refractivity contribution in [2.45, 2.75) is 33.2 Å². The summed E-state index contributed by atoms with van der Waals surface area (Å²) in [4.78, 5) is 11.4. The molecule has 1 N–H and O–H groups in total. The zero-order valence-corrected chi connectivity index (χ0v) is 13.5. The topological polar surface area (TPSA) is 80.9 Å². The fraction of sp³-hybridized carbons (Fsp3) is 0.429. The minimum atomic E-state index is -0.871. The van der Waals surface area contributed by atoms with Crippen LogP contribution in [0.2, 0.25) is 0 Å². The molecule has 0 aliphatic carbocycles. The van der Waals surface area contributed by atoms with Gasteiger partial charge in [0.15, 0.2) is 5.82 Å². The Morgan fingerprint density at radius 2 is 2.05 bits per heavy atom. The average molecular weight is 353 g/mol.